The van der Waals surface area contributed by atoms with E-state index in [0.29, 0.717) is 16.3 Å². The number of amides is 1. The number of rotatable bonds is 7. The van der Waals surface area contributed by atoms with Crippen molar-refractivity contribution in [1.29, 1.82) is 0 Å². The molecule has 31 heavy (non-hydrogen) atoms. The monoisotopic (exact) mass is 439 g/mol. The SMILES string of the molecule is COC(=O)c1cccc(-n2c(C)cc(/C=N\NC(=O)COc3ccccc3Cl)c2C)c1. The van der Waals surface area contributed by atoms with E-state index < -0.39 is 11.9 Å². The van der Waals surface area contributed by atoms with E-state index in [1.807, 2.05) is 30.5 Å². The molecule has 2 aromatic carbocycles. The van der Waals surface area contributed by atoms with Gasteiger partial charge in [0.25, 0.3) is 5.91 Å². The second-order valence-electron chi connectivity index (χ2n) is 6.72. The fraction of sp³-hybridized carbons (Fsp3) is 0.174. The van der Waals surface area contributed by atoms with Crippen molar-refractivity contribution < 1.29 is 19.1 Å². The number of hydrazone groups is 1. The molecule has 0 bridgehead atoms. The number of hydrogen-bond donors (Lipinski definition) is 1. The van der Waals surface area contributed by atoms with Gasteiger partial charge in [0.2, 0.25) is 0 Å². The van der Waals surface area contributed by atoms with Crippen molar-refractivity contribution in [3.63, 3.8) is 0 Å². The zero-order valence-electron chi connectivity index (χ0n) is 17.4. The lowest BCUT2D eigenvalue weighted by molar-refractivity contribution is -0.123. The molecule has 1 N–H and O–H groups in total. The number of carbonyl (C=O) groups is 2. The number of nitrogens with zero attached hydrogens (tertiary/aromatic N) is 2. The molecule has 3 rings (SSSR count). The molecule has 0 unspecified atom stereocenters. The van der Waals surface area contributed by atoms with Crippen LogP contribution in [-0.2, 0) is 9.53 Å². The Kier molecular flexibility index (Phi) is 7.10. The Labute approximate surface area is 185 Å². The molecular weight excluding hydrogens is 418 g/mol. The molecule has 0 fully saturated rings. The lowest BCUT2D eigenvalue weighted by Crippen LogP contribution is -2.24. The molecule has 0 spiro atoms. The van der Waals surface area contributed by atoms with Crippen molar-refractivity contribution in [3.05, 3.63) is 82.1 Å². The summed E-state index contributed by atoms with van der Waals surface area (Å²) in [6, 6.07) is 16.0. The molecule has 0 radical (unpaired) electrons. The van der Waals surface area contributed by atoms with E-state index in [2.05, 4.69) is 10.5 Å². The largest absolute Gasteiger partial charge is 0.482 e. The number of nitrogens with one attached hydrogen (secondary N) is 1. The van der Waals surface area contributed by atoms with Crippen molar-refractivity contribution in [2.24, 2.45) is 5.10 Å². The summed E-state index contributed by atoms with van der Waals surface area (Å²) in [5, 5.41) is 4.45. The minimum absolute atomic E-state index is 0.208. The Morgan fingerprint density at radius 1 is 1.13 bits per heavy atom. The van der Waals surface area contributed by atoms with Crippen LogP contribution in [0.5, 0.6) is 5.75 Å². The number of benzene rings is 2. The molecule has 3 aromatic rings. The quantitative estimate of drug-likeness (QED) is 0.342. The van der Waals surface area contributed by atoms with E-state index in [9.17, 15) is 9.59 Å². The zero-order chi connectivity index (χ0) is 22.4. The van der Waals surface area contributed by atoms with Crippen molar-refractivity contribution in [2.75, 3.05) is 13.7 Å². The Hall–Kier alpha value is -3.58. The Morgan fingerprint density at radius 3 is 2.65 bits per heavy atom. The lowest BCUT2D eigenvalue weighted by atomic mass is 10.2. The van der Waals surface area contributed by atoms with Gasteiger partial charge in [0, 0.05) is 22.6 Å². The molecule has 0 saturated heterocycles. The summed E-state index contributed by atoms with van der Waals surface area (Å²) in [5.41, 5.74) is 6.42. The van der Waals surface area contributed by atoms with Crippen LogP contribution >= 0.6 is 11.6 Å². The van der Waals surface area contributed by atoms with E-state index in [-0.39, 0.29) is 6.61 Å². The predicted molar refractivity (Wildman–Crippen MR) is 119 cm³/mol. The van der Waals surface area contributed by atoms with E-state index in [0.717, 1.165) is 22.6 Å². The fourth-order valence-corrected chi connectivity index (χ4v) is 3.31. The number of aryl methyl sites for hydroxylation is 1. The molecule has 0 aliphatic carbocycles. The van der Waals surface area contributed by atoms with Gasteiger partial charge in [0.05, 0.1) is 23.9 Å². The fourth-order valence-electron chi connectivity index (χ4n) is 3.12. The van der Waals surface area contributed by atoms with Crippen LogP contribution in [0.3, 0.4) is 0 Å². The summed E-state index contributed by atoms with van der Waals surface area (Å²) in [6.45, 7) is 3.67. The third-order valence-corrected chi connectivity index (χ3v) is 4.90. The average molecular weight is 440 g/mol. The summed E-state index contributed by atoms with van der Waals surface area (Å²) in [6.07, 6.45) is 1.57. The maximum absolute atomic E-state index is 12.0. The van der Waals surface area contributed by atoms with Crippen molar-refractivity contribution in [3.8, 4) is 11.4 Å². The molecule has 160 valence electrons. The first-order valence-electron chi connectivity index (χ1n) is 9.47. The maximum Gasteiger partial charge on any atom is 0.337 e. The summed E-state index contributed by atoms with van der Waals surface area (Å²) in [4.78, 5) is 23.8. The Balaban J connectivity index is 1.68. The smallest absolute Gasteiger partial charge is 0.337 e. The molecule has 0 aliphatic heterocycles. The standard InChI is InChI=1S/C23H22ClN3O4/c1-15-11-18(13-25-26-22(28)14-31-21-10-5-4-9-20(21)24)16(2)27(15)19-8-6-7-17(12-19)23(29)30-3/h4-13H,14H2,1-3H3,(H,26,28)/b25-13-. The van der Waals surface area contributed by atoms with Crippen LogP contribution in [0.2, 0.25) is 5.02 Å². The van der Waals surface area contributed by atoms with E-state index in [1.54, 1.807) is 48.7 Å². The molecule has 0 aliphatic rings. The highest BCUT2D eigenvalue weighted by molar-refractivity contribution is 6.32. The molecule has 0 saturated carbocycles. The number of carbonyl (C=O) groups excluding carboxylic acids is 2. The molecule has 1 amide bonds. The van der Waals surface area contributed by atoms with Gasteiger partial charge in [-0.05, 0) is 50.2 Å². The van der Waals surface area contributed by atoms with Crippen molar-refractivity contribution in [1.82, 2.24) is 9.99 Å². The number of halogens is 1. The summed E-state index contributed by atoms with van der Waals surface area (Å²) >= 11 is 6.00. The molecule has 1 heterocycles. The number of aromatic nitrogens is 1. The number of para-hydroxylation sites is 1. The van der Waals surface area contributed by atoms with Gasteiger partial charge in [-0.2, -0.15) is 5.10 Å². The van der Waals surface area contributed by atoms with E-state index in [1.165, 1.54) is 7.11 Å². The molecule has 0 atom stereocenters. The first-order chi connectivity index (χ1) is 14.9. The van der Waals surface area contributed by atoms with Crippen LogP contribution in [0.4, 0.5) is 0 Å². The van der Waals surface area contributed by atoms with Crippen LogP contribution in [0.25, 0.3) is 5.69 Å². The zero-order valence-corrected chi connectivity index (χ0v) is 18.1. The summed E-state index contributed by atoms with van der Waals surface area (Å²) < 4.78 is 12.2. The molecule has 8 heteroatoms. The summed E-state index contributed by atoms with van der Waals surface area (Å²) in [5.74, 6) is -0.371. The highest BCUT2D eigenvalue weighted by Crippen LogP contribution is 2.23. The Bertz CT molecular complexity index is 1140. The number of hydrogen-bond acceptors (Lipinski definition) is 5. The molecule has 1 aromatic heterocycles. The van der Waals surface area contributed by atoms with Gasteiger partial charge < -0.3 is 14.0 Å². The van der Waals surface area contributed by atoms with E-state index in [4.69, 9.17) is 21.1 Å². The van der Waals surface area contributed by atoms with Crippen LogP contribution in [0.1, 0.15) is 27.3 Å². The maximum atomic E-state index is 12.0. The molecule has 7 nitrogen and oxygen atoms in total. The van der Waals surface area contributed by atoms with Crippen LogP contribution in [0, 0.1) is 13.8 Å². The number of esters is 1. The predicted octanol–water partition coefficient (Wildman–Crippen LogP) is 4.06. The average Bonchev–Trinajstić information content (AvgIpc) is 3.05. The van der Waals surface area contributed by atoms with E-state index >= 15 is 0 Å². The highest BCUT2D eigenvalue weighted by Gasteiger charge is 2.12. The van der Waals surface area contributed by atoms with Crippen LogP contribution in [0.15, 0.2) is 59.7 Å². The first-order valence-corrected chi connectivity index (χ1v) is 9.85. The summed E-state index contributed by atoms with van der Waals surface area (Å²) in [7, 11) is 1.35. The number of methoxy groups -OCH3 is 1. The Morgan fingerprint density at radius 2 is 1.90 bits per heavy atom. The van der Waals surface area contributed by atoms with Gasteiger partial charge in [-0.3, -0.25) is 4.79 Å². The van der Waals surface area contributed by atoms with Gasteiger partial charge in [-0.1, -0.05) is 29.8 Å². The van der Waals surface area contributed by atoms with Crippen LogP contribution < -0.4 is 10.2 Å². The third-order valence-electron chi connectivity index (χ3n) is 4.58. The van der Waals surface area contributed by atoms with Gasteiger partial charge in [0.1, 0.15) is 5.75 Å². The minimum atomic E-state index is -0.407. The van der Waals surface area contributed by atoms with Gasteiger partial charge in [0.15, 0.2) is 6.61 Å². The van der Waals surface area contributed by atoms with Gasteiger partial charge in [-0.15, -0.1) is 0 Å². The highest BCUT2D eigenvalue weighted by atomic mass is 35.5. The molecular formula is C23H22ClN3O4. The van der Waals surface area contributed by atoms with Gasteiger partial charge in [-0.25, -0.2) is 10.2 Å². The second kappa shape index (κ2) is 9.95. The number of ether oxygens (including phenoxy) is 2. The minimum Gasteiger partial charge on any atom is -0.482 e. The third kappa shape index (κ3) is 5.32. The second-order valence-corrected chi connectivity index (χ2v) is 7.12. The lowest BCUT2D eigenvalue weighted by Gasteiger charge is -2.11. The topological polar surface area (TPSA) is 81.9 Å². The normalized spacial score (nSPS) is 10.8. The van der Waals surface area contributed by atoms with Crippen LogP contribution in [-0.4, -0.2) is 36.4 Å². The van der Waals surface area contributed by atoms with Crippen molar-refractivity contribution in [2.45, 2.75) is 13.8 Å². The van der Waals surface area contributed by atoms with Crippen molar-refractivity contribution >= 4 is 29.7 Å². The first kappa shape index (κ1) is 22.1. The van der Waals surface area contributed by atoms with Gasteiger partial charge >= 0.3 is 5.97 Å².